The van der Waals surface area contributed by atoms with Crippen LogP contribution in [0.25, 0.3) is 0 Å². The summed E-state index contributed by atoms with van der Waals surface area (Å²) >= 11 is 0. The first-order valence-corrected chi connectivity index (χ1v) is 6.87. The van der Waals surface area contributed by atoms with E-state index in [0.717, 1.165) is 0 Å². The SMILES string of the molecule is CNc1ncccc1S(=O)(=O)NCC(C)(C)C. The molecule has 1 rings (SSSR count). The Kier molecular flexibility index (Phi) is 4.11. The Bertz CT molecular complexity index is 478. The highest BCUT2D eigenvalue weighted by molar-refractivity contribution is 7.89. The lowest BCUT2D eigenvalue weighted by molar-refractivity contribution is 0.407. The summed E-state index contributed by atoms with van der Waals surface area (Å²) in [7, 11) is -1.87. The van der Waals surface area contributed by atoms with Gasteiger partial charge in [0, 0.05) is 19.8 Å². The zero-order valence-corrected chi connectivity index (χ0v) is 11.4. The average Bonchev–Trinajstić information content (AvgIpc) is 2.26. The summed E-state index contributed by atoms with van der Waals surface area (Å²) in [5.41, 5.74) is -0.102. The molecule has 0 aromatic carbocycles. The molecule has 17 heavy (non-hydrogen) atoms. The lowest BCUT2D eigenvalue weighted by Crippen LogP contribution is -2.32. The molecule has 1 aromatic rings. The Labute approximate surface area is 103 Å². The molecule has 0 spiro atoms. The Morgan fingerprint density at radius 1 is 1.35 bits per heavy atom. The van der Waals surface area contributed by atoms with E-state index in [0.29, 0.717) is 12.4 Å². The lowest BCUT2D eigenvalue weighted by Gasteiger charge is -2.19. The van der Waals surface area contributed by atoms with Gasteiger partial charge in [-0.2, -0.15) is 0 Å². The molecule has 1 aromatic heterocycles. The molecular formula is C11H19N3O2S. The van der Waals surface area contributed by atoms with E-state index in [4.69, 9.17) is 0 Å². The molecule has 0 aliphatic rings. The minimum atomic E-state index is -3.51. The summed E-state index contributed by atoms with van der Waals surface area (Å²) in [5.74, 6) is 0.355. The van der Waals surface area contributed by atoms with Crippen molar-refractivity contribution < 1.29 is 8.42 Å². The molecule has 0 saturated carbocycles. The van der Waals surface area contributed by atoms with E-state index in [1.807, 2.05) is 20.8 Å². The van der Waals surface area contributed by atoms with Crippen LogP contribution in [0.4, 0.5) is 5.82 Å². The van der Waals surface area contributed by atoms with Gasteiger partial charge in [0.2, 0.25) is 10.0 Å². The zero-order valence-electron chi connectivity index (χ0n) is 10.6. The topological polar surface area (TPSA) is 71.1 Å². The highest BCUT2D eigenvalue weighted by Crippen LogP contribution is 2.18. The summed E-state index contributed by atoms with van der Waals surface area (Å²) in [6.45, 7) is 6.29. The Balaban J connectivity index is 2.98. The molecule has 0 bridgehead atoms. The van der Waals surface area contributed by atoms with E-state index >= 15 is 0 Å². The average molecular weight is 257 g/mol. The highest BCUT2D eigenvalue weighted by Gasteiger charge is 2.21. The maximum Gasteiger partial charge on any atom is 0.244 e. The predicted molar refractivity (Wildman–Crippen MR) is 68.4 cm³/mol. The van der Waals surface area contributed by atoms with Crippen molar-refractivity contribution in [3.8, 4) is 0 Å². The molecule has 5 nitrogen and oxygen atoms in total. The number of nitrogens with zero attached hydrogens (tertiary/aromatic N) is 1. The molecule has 0 atom stereocenters. The van der Waals surface area contributed by atoms with Crippen LogP contribution >= 0.6 is 0 Å². The van der Waals surface area contributed by atoms with Crippen molar-refractivity contribution in [1.82, 2.24) is 9.71 Å². The summed E-state index contributed by atoms with van der Waals surface area (Å²) in [6, 6.07) is 3.14. The van der Waals surface area contributed by atoms with Crippen LogP contribution in [0.15, 0.2) is 23.2 Å². The zero-order chi connectivity index (χ0) is 13.1. The second-order valence-electron chi connectivity index (χ2n) is 4.99. The first kappa shape index (κ1) is 13.9. The smallest absolute Gasteiger partial charge is 0.244 e. The van der Waals surface area contributed by atoms with Crippen molar-refractivity contribution in [3.05, 3.63) is 18.3 Å². The van der Waals surface area contributed by atoms with Gasteiger partial charge in [-0.05, 0) is 17.5 Å². The second kappa shape index (κ2) is 5.01. The van der Waals surface area contributed by atoms with E-state index in [1.165, 1.54) is 6.07 Å². The fourth-order valence-corrected chi connectivity index (χ4v) is 2.63. The predicted octanol–water partition coefficient (Wildman–Crippen LogP) is 1.45. The highest BCUT2D eigenvalue weighted by atomic mass is 32.2. The van der Waals surface area contributed by atoms with Crippen LogP contribution in [0.5, 0.6) is 0 Å². The van der Waals surface area contributed by atoms with Crippen LogP contribution in [0, 0.1) is 5.41 Å². The molecule has 0 unspecified atom stereocenters. The molecule has 0 aliphatic carbocycles. The van der Waals surface area contributed by atoms with E-state index in [9.17, 15) is 8.42 Å². The van der Waals surface area contributed by atoms with Crippen molar-refractivity contribution >= 4 is 15.8 Å². The quantitative estimate of drug-likeness (QED) is 0.856. The van der Waals surface area contributed by atoms with Gasteiger partial charge in [-0.15, -0.1) is 0 Å². The van der Waals surface area contributed by atoms with Crippen molar-refractivity contribution in [1.29, 1.82) is 0 Å². The summed E-state index contributed by atoms with van der Waals surface area (Å²) in [5, 5.41) is 2.77. The molecule has 6 heteroatoms. The Hall–Kier alpha value is -1.14. The molecule has 0 saturated heterocycles. The number of hydrogen-bond acceptors (Lipinski definition) is 4. The Morgan fingerprint density at radius 2 is 2.00 bits per heavy atom. The van der Waals surface area contributed by atoms with Gasteiger partial charge in [0.05, 0.1) is 0 Å². The molecule has 1 heterocycles. The normalized spacial score (nSPS) is 12.5. The van der Waals surface area contributed by atoms with E-state index in [-0.39, 0.29) is 10.3 Å². The molecule has 0 aliphatic heterocycles. The van der Waals surface area contributed by atoms with Gasteiger partial charge in [-0.25, -0.2) is 18.1 Å². The van der Waals surface area contributed by atoms with E-state index < -0.39 is 10.0 Å². The minimum absolute atomic E-state index is 0.102. The third kappa shape index (κ3) is 3.98. The molecule has 2 N–H and O–H groups in total. The second-order valence-corrected chi connectivity index (χ2v) is 6.72. The van der Waals surface area contributed by atoms with Gasteiger partial charge < -0.3 is 5.32 Å². The van der Waals surface area contributed by atoms with Crippen LogP contribution in [0.1, 0.15) is 20.8 Å². The van der Waals surface area contributed by atoms with Gasteiger partial charge in [-0.3, -0.25) is 0 Å². The largest absolute Gasteiger partial charge is 0.372 e. The van der Waals surface area contributed by atoms with Crippen LogP contribution < -0.4 is 10.0 Å². The third-order valence-corrected chi connectivity index (χ3v) is 3.52. The standard InChI is InChI=1S/C11H19N3O2S/c1-11(2,3)8-14-17(15,16)9-6-5-7-13-10(9)12-4/h5-7,14H,8H2,1-4H3,(H,12,13). The van der Waals surface area contributed by atoms with Crippen molar-refractivity contribution in [2.24, 2.45) is 5.41 Å². The van der Waals surface area contributed by atoms with E-state index in [1.54, 1.807) is 19.3 Å². The number of pyridine rings is 1. The summed E-state index contributed by atoms with van der Waals surface area (Å²) in [4.78, 5) is 4.15. The number of nitrogens with one attached hydrogen (secondary N) is 2. The fourth-order valence-electron chi connectivity index (χ4n) is 1.18. The molecule has 0 amide bonds. The molecular weight excluding hydrogens is 238 g/mol. The third-order valence-electron chi connectivity index (χ3n) is 2.09. The Morgan fingerprint density at radius 3 is 2.53 bits per heavy atom. The van der Waals surface area contributed by atoms with Crippen molar-refractivity contribution in [2.45, 2.75) is 25.7 Å². The maximum atomic E-state index is 12.1. The first-order valence-electron chi connectivity index (χ1n) is 5.39. The number of anilines is 1. The number of hydrogen-bond donors (Lipinski definition) is 2. The van der Waals surface area contributed by atoms with Crippen LogP contribution in [0.2, 0.25) is 0 Å². The first-order chi connectivity index (χ1) is 7.76. The number of sulfonamides is 1. The summed E-state index contributed by atoms with van der Waals surface area (Å²) < 4.78 is 26.7. The molecule has 96 valence electrons. The van der Waals surface area contributed by atoms with Gasteiger partial charge in [0.1, 0.15) is 10.7 Å². The number of aromatic nitrogens is 1. The van der Waals surface area contributed by atoms with Crippen molar-refractivity contribution in [3.63, 3.8) is 0 Å². The molecule has 0 fully saturated rings. The molecule has 0 radical (unpaired) electrons. The number of rotatable bonds is 4. The van der Waals surface area contributed by atoms with Crippen molar-refractivity contribution in [2.75, 3.05) is 18.9 Å². The van der Waals surface area contributed by atoms with Gasteiger partial charge in [0.25, 0.3) is 0 Å². The van der Waals surface area contributed by atoms with Crippen LogP contribution in [-0.2, 0) is 10.0 Å². The minimum Gasteiger partial charge on any atom is -0.372 e. The fraction of sp³-hybridized carbons (Fsp3) is 0.545. The maximum absolute atomic E-state index is 12.1. The van der Waals surface area contributed by atoms with E-state index in [2.05, 4.69) is 15.0 Å². The van der Waals surface area contributed by atoms with Crippen LogP contribution in [-0.4, -0.2) is 27.0 Å². The van der Waals surface area contributed by atoms with Gasteiger partial charge >= 0.3 is 0 Å². The van der Waals surface area contributed by atoms with Gasteiger partial charge in [-0.1, -0.05) is 20.8 Å². The summed E-state index contributed by atoms with van der Waals surface area (Å²) in [6.07, 6.45) is 1.55. The van der Waals surface area contributed by atoms with Gasteiger partial charge in [0.15, 0.2) is 0 Å². The lowest BCUT2D eigenvalue weighted by atomic mass is 9.98. The van der Waals surface area contributed by atoms with Crippen LogP contribution in [0.3, 0.4) is 0 Å². The monoisotopic (exact) mass is 257 g/mol.